The van der Waals surface area contributed by atoms with Gasteiger partial charge in [-0.25, -0.2) is 0 Å². The molecule has 1 fully saturated rings. The summed E-state index contributed by atoms with van der Waals surface area (Å²) in [7, 11) is 0. The van der Waals surface area contributed by atoms with E-state index in [4.69, 9.17) is 23.8 Å². The van der Waals surface area contributed by atoms with Crippen molar-refractivity contribution in [1.82, 2.24) is 10.6 Å². The summed E-state index contributed by atoms with van der Waals surface area (Å²) in [6.07, 6.45) is -0.0124. The molecule has 0 saturated carbocycles. The number of hydrogen-bond donors (Lipinski definition) is 2. The Bertz CT molecular complexity index is 896. The second-order valence-corrected chi connectivity index (χ2v) is 7.84. The van der Waals surface area contributed by atoms with Crippen molar-refractivity contribution < 1.29 is 14.4 Å². The van der Waals surface area contributed by atoms with Gasteiger partial charge >= 0.3 is 0 Å². The molecule has 2 aromatic rings. The summed E-state index contributed by atoms with van der Waals surface area (Å²) in [6.45, 7) is 0. The second kappa shape index (κ2) is 8.29. The Morgan fingerprint density at radius 1 is 1.04 bits per heavy atom. The van der Waals surface area contributed by atoms with Crippen LogP contribution in [0.4, 0.5) is 0 Å². The van der Waals surface area contributed by atoms with Gasteiger partial charge in [-0.05, 0) is 54.2 Å². The van der Waals surface area contributed by atoms with Gasteiger partial charge in [0.1, 0.15) is 5.92 Å². The van der Waals surface area contributed by atoms with Crippen molar-refractivity contribution in [3.05, 3.63) is 69.2 Å². The molecule has 27 heavy (non-hydrogen) atoms. The summed E-state index contributed by atoms with van der Waals surface area (Å²) < 4.78 is 0.854. The lowest BCUT2D eigenvalue weighted by Gasteiger charge is -2.29. The second-order valence-electron chi connectivity index (χ2n) is 6.08. The molecular formula is C19H14BrClN2O3S. The minimum Gasteiger partial charge on any atom is -0.302 e. The molecule has 0 aromatic heterocycles. The van der Waals surface area contributed by atoms with Gasteiger partial charge in [-0.1, -0.05) is 39.7 Å². The van der Waals surface area contributed by atoms with Crippen LogP contribution < -0.4 is 10.6 Å². The van der Waals surface area contributed by atoms with Crippen LogP contribution in [0.2, 0.25) is 5.02 Å². The standard InChI is InChI=1S/C19H14BrClN2O3S/c20-12-5-1-10(2-6-12)14(16-17(25)22-19(27)23-18(16)26)9-15(24)11-3-7-13(21)8-4-11/h1-8,14,16H,9H2,(H2,22,23,25,26,27)/t14-/m1/s1. The third-order valence-electron chi connectivity index (χ3n) is 4.31. The maximum atomic E-state index is 12.8. The van der Waals surface area contributed by atoms with Gasteiger partial charge in [-0.2, -0.15) is 0 Å². The van der Waals surface area contributed by atoms with E-state index in [0.717, 1.165) is 4.47 Å². The quantitative estimate of drug-likeness (QED) is 0.402. The molecule has 5 nitrogen and oxygen atoms in total. The normalized spacial score (nSPS) is 15.9. The van der Waals surface area contributed by atoms with Crippen molar-refractivity contribution in [2.24, 2.45) is 5.92 Å². The van der Waals surface area contributed by atoms with Gasteiger partial charge in [0.2, 0.25) is 11.8 Å². The highest BCUT2D eigenvalue weighted by Gasteiger charge is 2.40. The SMILES string of the molecule is O=C(C[C@H](c1ccc(Br)cc1)C1C(=O)NC(=S)NC1=O)c1ccc(Cl)cc1. The molecule has 1 saturated heterocycles. The Hall–Kier alpha value is -2.09. The van der Waals surface area contributed by atoms with Gasteiger partial charge in [0, 0.05) is 27.4 Å². The zero-order valence-corrected chi connectivity index (χ0v) is 17.0. The summed E-state index contributed by atoms with van der Waals surface area (Å²) in [5, 5.41) is 5.42. The van der Waals surface area contributed by atoms with Crippen molar-refractivity contribution in [2.45, 2.75) is 12.3 Å². The van der Waals surface area contributed by atoms with Crippen molar-refractivity contribution in [3.63, 3.8) is 0 Å². The van der Waals surface area contributed by atoms with E-state index < -0.39 is 23.7 Å². The van der Waals surface area contributed by atoms with Gasteiger partial charge < -0.3 is 10.6 Å². The van der Waals surface area contributed by atoms with E-state index in [1.165, 1.54) is 0 Å². The molecule has 2 amide bonds. The van der Waals surface area contributed by atoms with Gasteiger partial charge in [0.25, 0.3) is 0 Å². The predicted molar refractivity (Wildman–Crippen MR) is 110 cm³/mol. The molecule has 0 bridgehead atoms. The van der Waals surface area contributed by atoms with Crippen molar-refractivity contribution in [2.75, 3.05) is 0 Å². The van der Waals surface area contributed by atoms with Crippen molar-refractivity contribution >= 4 is 62.5 Å². The van der Waals surface area contributed by atoms with Gasteiger partial charge in [0.05, 0.1) is 0 Å². The first-order chi connectivity index (χ1) is 12.8. The first-order valence-corrected chi connectivity index (χ1v) is 9.63. The molecule has 0 unspecified atom stereocenters. The smallest absolute Gasteiger partial charge is 0.239 e. The number of Topliss-reactive ketones (excluding diaryl/α,β-unsaturated/α-hetero) is 1. The topological polar surface area (TPSA) is 75.3 Å². The molecule has 2 N–H and O–H groups in total. The first kappa shape index (κ1) is 19.7. The summed E-state index contributed by atoms with van der Waals surface area (Å²) >= 11 is 14.1. The highest BCUT2D eigenvalue weighted by Crippen LogP contribution is 2.32. The number of ketones is 1. The van der Waals surface area contributed by atoms with E-state index in [1.54, 1.807) is 48.5 Å². The van der Waals surface area contributed by atoms with Crippen molar-refractivity contribution in [3.8, 4) is 0 Å². The highest BCUT2D eigenvalue weighted by atomic mass is 79.9. The van der Waals surface area contributed by atoms with E-state index >= 15 is 0 Å². The van der Waals surface area contributed by atoms with E-state index in [2.05, 4.69) is 26.6 Å². The molecule has 0 spiro atoms. The molecule has 1 aliphatic rings. The summed E-state index contributed by atoms with van der Waals surface area (Å²) in [5.41, 5.74) is 1.18. The van der Waals surface area contributed by atoms with Crippen LogP contribution in [0.5, 0.6) is 0 Å². The molecule has 3 rings (SSSR count). The van der Waals surface area contributed by atoms with Crippen LogP contribution >= 0.6 is 39.7 Å². The average molecular weight is 466 g/mol. The zero-order chi connectivity index (χ0) is 19.6. The summed E-state index contributed by atoms with van der Waals surface area (Å²) in [5.74, 6) is -2.91. The zero-order valence-electron chi connectivity index (χ0n) is 13.9. The van der Waals surface area contributed by atoms with Crippen LogP contribution in [-0.2, 0) is 9.59 Å². The van der Waals surface area contributed by atoms with Crippen LogP contribution in [0.25, 0.3) is 0 Å². The lowest BCUT2D eigenvalue weighted by Crippen LogP contribution is -2.57. The Kier molecular flexibility index (Phi) is 6.04. The summed E-state index contributed by atoms with van der Waals surface area (Å²) in [4.78, 5) is 37.7. The van der Waals surface area contributed by atoms with E-state index in [0.29, 0.717) is 16.1 Å². The molecule has 1 atom stereocenters. The maximum absolute atomic E-state index is 12.8. The molecule has 0 radical (unpaired) electrons. The fraction of sp³-hybridized carbons (Fsp3) is 0.158. The molecule has 0 aliphatic carbocycles. The van der Waals surface area contributed by atoms with Gasteiger partial charge in [0.15, 0.2) is 10.9 Å². The first-order valence-electron chi connectivity index (χ1n) is 8.05. The fourth-order valence-electron chi connectivity index (χ4n) is 2.99. The summed E-state index contributed by atoms with van der Waals surface area (Å²) in [6, 6.07) is 13.7. The number of benzene rings is 2. The Morgan fingerprint density at radius 3 is 2.15 bits per heavy atom. The number of thiocarbonyl (C=S) groups is 1. The third-order valence-corrected chi connectivity index (χ3v) is 5.30. The van der Waals surface area contributed by atoms with Crippen LogP contribution in [0.1, 0.15) is 28.3 Å². The fourth-order valence-corrected chi connectivity index (χ4v) is 3.58. The monoisotopic (exact) mass is 464 g/mol. The van der Waals surface area contributed by atoms with Crippen LogP contribution in [0, 0.1) is 5.92 Å². The van der Waals surface area contributed by atoms with Crippen LogP contribution in [0.3, 0.4) is 0 Å². The van der Waals surface area contributed by atoms with Crippen LogP contribution in [0.15, 0.2) is 53.0 Å². The Labute approximate surface area is 174 Å². The number of nitrogens with one attached hydrogen (secondary N) is 2. The van der Waals surface area contributed by atoms with Gasteiger partial charge in [-0.15, -0.1) is 0 Å². The number of rotatable bonds is 5. The Balaban J connectivity index is 1.94. The van der Waals surface area contributed by atoms with Crippen LogP contribution in [-0.4, -0.2) is 22.7 Å². The van der Waals surface area contributed by atoms with Crippen molar-refractivity contribution in [1.29, 1.82) is 0 Å². The molecule has 2 aromatic carbocycles. The number of amides is 2. The molecule has 8 heteroatoms. The maximum Gasteiger partial charge on any atom is 0.239 e. The number of halogens is 2. The number of carbonyl (C=O) groups is 3. The Morgan fingerprint density at radius 2 is 1.59 bits per heavy atom. The number of hydrogen-bond acceptors (Lipinski definition) is 4. The lowest BCUT2D eigenvalue weighted by atomic mass is 9.80. The molecule has 1 aliphatic heterocycles. The largest absolute Gasteiger partial charge is 0.302 e. The molecular weight excluding hydrogens is 452 g/mol. The predicted octanol–water partition coefficient (Wildman–Crippen LogP) is 3.61. The minimum atomic E-state index is -1.06. The average Bonchev–Trinajstić information content (AvgIpc) is 2.61. The van der Waals surface area contributed by atoms with E-state index in [-0.39, 0.29) is 17.3 Å². The third kappa shape index (κ3) is 4.61. The molecule has 138 valence electrons. The minimum absolute atomic E-state index is 0.0124. The van der Waals surface area contributed by atoms with E-state index in [9.17, 15) is 14.4 Å². The van der Waals surface area contributed by atoms with E-state index in [1.807, 2.05) is 0 Å². The lowest BCUT2D eigenvalue weighted by molar-refractivity contribution is -0.136. The highest BCUT2D eigenvalue weighted by molar-refractivity contribution is 9.10. The number of carbonyl (C=O) groups excluding carboxylic acids is 3. The van der Waals surface area contributed by atoms with Gasteiger partial charge in [-0.3, -0.25) is 14.4 Å². The molecule has 1 heterocycles.